The number of aliphatic hydroxyl groups excluding tert-OH is 1. The van der Waals surface area contributed by atoms with Gasteiger partial charge >= 0.3 is 0 Å². The molecule has 0 amide bonds. The van der Waals surface area contributed by atoms with Gasteiger partial charge in [-0.15, -0.1) is 0 Å². The number of hydrogen-bond acceptors (Lipinski definition) is 4. The lowest BCUT2D eigenvalue weighted by Crippen LogP contribution is -2.30. The van der Waals surface area contributed by atoms with Crippen molar-refractivity contribution >= 4 is 28.7 Å². The van der Waals surface area contributed by atoms with Crippen molar-refractivity contribution in [2.24, 2.45) is 5.92 Å². The maximum Gasteiger partial charge on any atom is 0.177 e. The first-order valence-electron chi connectivity index (χ1n) is 8.17. The van der Waals surface area contributed by atoms with E-state index in [0.717, 1.165) is 0 Å². The summed E-state index contributed by atoms with van der Waals surface area (Å²) in [5.41, 5.74) is 1.79. The molecule has 1 aliphatic rings. The van der Waals surface area contributed by atoms with Crippen molar-refractivity contribution in [3.8, 4) is 0 Å². The standard InChI is InChI=1S/C21H17FO4/c1-11(23)14-3-4-15-10-17(12(2)24)21(26)19(18(15)9-14)20(25)13-5-7-16(22)8-6-13/h3-9,17,25H,10H2,1-2H3/b20-19-. The Bertz CT molecular complexity index is 954. The van der Waals surface area contributed by atoms with Crippen LogP contribution in [0.4, 0.5) is 4.39 Å². The molecular weight excluding hydrogens is 335 g/mol. The summed E-state index contributed by atoms with van der Waals surface area (Å²) < 4.78 is 13.2. The molecule has 0 spiro atoms. The van der Waals surface area contributed by atoms with Crippen LogP contribution in [-0.4, -0.2) is 22.5 Å². The van der Waals surface area contributed by atoms with E-state index in [1.165, 1.54) is 38.1 Å². The van der Waals surface area contributed by atoms with Gasteiger partial charge in [-0.3, -0.25) is 14.4 Å². The maximum absolute atomic E-state index is 13.2. The SMILES string of the molecule is CC(=O)c1ccc2c(c1)/C(=C(/O)c1ccc(F)cc1)C(=O)C(C(C)=O)C2. The maximum atomic E-state index is 13.2. The highest BCUT2D eigenvalue weighted by molar-refractivity contribution is 6.33. The lowest BCUT2D eigenvalue weighted by molar-refractivity contribution is -0.128. The van der Waals surface area contributed by atoms with E-state index >= 15 is 0 Å². The normalized spacial score (nSPS) is 18.3. The number of Topliss-reactive ketones (excluding diaryl/α,β-unsaturated/α-hetero) is 3. The average molecular weight is 352 g/mol. The van der Waals surface area contributed by atoms with Gasteiger partial charge in [0.2, 0.25) is 0 Å². The molecule has 1 atom stereocenters. The van der Waals surface area contributed by atoms with E-state index in [-0.39, 0.29) is 34.9 Å². The fourth-order valence-electron chi connectivity index (χ4n) is 3.15. The summed E-state index contributed by atoms with van der Waals surface area (Å²) in [7, 11) is 0. The van der Waals surface area contributed by atoms with Crippen molar-refractivity contribution in [2.75, 3.05) is 0 Å². The average Bonchev–Trinajstić information content (AvgIpc) is 2.60. The summed E-state index contributed by atoms with van der Waals surface area (Å²) >= 11 is 0. The van der Waals surface area contributed by atoms with Gasteiger partial charge in [-0.1, -0.05) is 12.1 Å². The number of aliphatic hydroxyl groups is 1. The van der Waals surface area contributed by atoms with Gasteiger partial charge < -0.3 is 5.11 Å². The van der Waals surface area contributed by atoms with E-state index in [2.05, 4.69) is 0 Å². The topological polar surface area (TPSA) is 71.4 Å². The van der Waals surface area contributed by atoms with Crippen LogP contribution in [0, 0.1) is 11.7 Å². The van der Waals surface area contributed by atoms with Gasteiger partial charge in [0, 0.05) is 11.1 Å². The Balaban J connectivity index is 2.27. The third-order valence-electron chi connectivity index (χ3n) is 4.62. The predicted octanol–water partition coefficient (Wildman–Crippen LogP) is 3.79. The second kappa shape index (κ2) is 6.67. The Morgan fingerprint density at radius 1 is 1.04 bits per heavy atom. The molecule has 5 heteroatoms. The first-order chi connectivity index (χ1) is 12.3. The van der Waals surface area contributed by atoms with Crippen molar-refractivity contribution in [2.45, 2.75) is 20.3 Å². The first kappa shape index (κ1) is 17.7. The highest BCUT2D eigenvalue weighted by Gasteiger charge is 2.36. The molecule has 3 rings (SSSR count). The Kier molecular flexibility index (Phi) is 4.55. The highest BCUT2D eigenvalue weighted by Crippen LogP contribution is 2.37. The number of ketones is 3. The second-order valence-corrected chi connectivity index (χ2v) is 6.39. The molecule has 0 aliphatic heterocycles. The molecule has 2 aromatic rings. The predicted molar refractivity (Wildman–Crippen MR) is 95.2 cm³/mol. The molecule has 0 fully saturated rings. The third kappa shape index (κ3) is 3.08. The number of carbonyl (C=O) groups is 3. The zero-order chi connectivity index (χ0) is 19.0. The van der Waals surface area contributed by atoms with E-state index in [9.17, 15) is 23.9 Å². The minimum Gasteiger partial charge on any atom is -0.507 e. The van der Waals surface area contributed by atoms with Crippen LogP contribution in [-0.2, 0) is 16.0 Å². The fraction of sp³-hybridized carbons (Fsp3) is 0.190. The number of rotatable bonds is 3. The van der Waals surface area contributed by atoms with Crippen LogP contribution in [0.3, 0.4) is 0 Å². The summed E-state index contributed by atoms with van der Waals surface area (Å²) in [5.74, 6) is -2.64. The van der Waals surface area contributed by atoms with Gasteiger partial charge in [0.25, 0.3) is 0 Å². The van der Waals surface area contributed by atoms with E-state index in [1.807, 2.05) is 0 Å². The highest BCUT2D eigenvalue weighted by atomic mass is 19.1. The molecule has 0 bridgehead atoms. The largest absolute Gasteiger partial charge is 0.507 e. The van der Waals surface area contributed by atoms with Crippen LogP contribution < -0.4 is 0 Å². The quantitative estimate of drug-likeness (QED) is 0.395. The Morgan fingerprint density at radius 3 is 2.23 bits per heavy atom. The molecule has 0 radical (unpaired) electrons. The van der Waals surface area contributed by atoms with Crippen molar-refractivity contribution in [3.63, 3.8) is 0 Å². The van der Waals surface area contributed by atoms with Crippen LogP contribution in [0.25, 0.3) is 11.3 Å². The lowest BCUT2D eigenvalue weighted by atomic mass is 9.76. The summed E-state index contributed by atoms with van der Waals surface area (Å²) in [6.45, 7) is 2.75. The molecule has 26 heavy (non-hydrogen) atoms. The van der Waals surface area contributed by atoms with Crippen LogP contribution in [0.15, 0.2) is 42.5 Å². The first-order valence-corrected chi connectivity index (χ1v) is 8.17. The summed E-state index contributed by atoms with van der Waals surface area (Å²) in [4.78, 5) is 36.5. The molecular formula is C21H17FO4. The number of hydrogen-bond donors (Lipinski definition) is 1. The Labute approximate surface area is 150 Å². The monoisotopic (exact) mass is 352 g/mol. The third-order valence-corrected chi connectivity index (χ3v) is 4.62. The summed E-state index contributed by atoms with van der Waals surface area (Å²) in [6.07, 6.45) is 0.224. The molecule has 1 aliphatic carbocycles. The number of benzene rings is 2. The van der Waals surface area contributed by atoms with Gasteiger partial charge in [0.1, 0.15) is 17.4 Å². The van der Waals surface area contributed by atoms with Gasteiger partial charge in [-0.05, 0) is 61.7 Å². The summed E-state index contributed by atoms with van der Waals surface area (Å²) in [6, 6.07) is 9.96. The minimum absolute atomic E-state index is 0.0128. The van der Waals surface area contributed by atoms with Crippen LogP contribution >= 0.6 is 0 Å². The molecule has 0 heterocycles. The molecule has 0 aromatic heterocycles. The number of fused-ring (bicyclic) bond motifs is 1. The molecule has 2 aromatic carbocycles. The van der Waals surface area contributed by atoms with Gasteiger partial charge in [-0.25, -0.2) is 4.39 Å². The van der Waals surface area contributed by atoms with Gasteiger partial charge in [0.15, 0.2) is 11.6 Å². The molecule has 4 nitrogen and oxygen atoms in total. The fourth-order valence-corrected chi connectivity index (χ4v) is 3.15. The Hall–Kier alpha value is -3.08. The van der Waals surface area contributed by atoms with Crippen LogP contribution in [0.1, 0.15) is 40.9 Å². The van der Waals surface area contributed by atoms with Crippen molar-refractivity contribution < 1.29 is 23.9 Å². The van der Waals surface area contributed by atoms with Crippen LogP contribution in [0.5, 0.6) is 0 Å². The zero-order valence-electron chi connectivity index (χ0n) is 14.4. The van der Waals surface area contributed by atoms with E-state index in [1.54, 1.807) is 18.2 Å². The van der Waals surface area contributed by atoms with Gasteiger partial charge in [0.05, 0.1) is 11.5 Å². The molecule has 132 valence electrons. The number of halogens is 1. The number of allylic oxidation sites excluding steroid dienone is 1. The molecule has 1 unspecified atom stereocenters. The number of carbonyl (C=O) groups excluding carboxylic acids is 3. The van der Waals surface area contributed by atoms with Crippen molar-refractivity contribution in [1.29, 1.82) is 0 Å². The smallest absolute Gasteiger partial charge is 0.177 e. The van der Waals surface area contributed by atoms with E-state index < -0.39 is 17.5 Å². The molecule has 0 saturated heterocycles. The van der Waals surface area contributed by atoms with Crippen molar-refractivity contribution in [3.05, 3.63) is 70.5 Å². The lowest BCUT2D eigenvalue weighted by Gasteiger charge is -2.25. The Morgan fingerprint density at radius 2 is 1.65 bits per heavy atom. The van der Waals surface area contributed by atoms with E-state index in [4.69, 9.17) is 0 Å². The summed E-state index contributed by atoms with van der Waals surface area (Å²) in [5, 5.41) is 10.7. The molecule has 1 N–H and O–H groups in total. The van der Waals surface area contributed by atoms with E-state index in [0.29, 0.717) is 16.7 Å². The second-order valence-electron chi connectivity index (χ2n) is 6.39. The van der Waals surface area contributed by atoms with Crippen molar-refractivity contribution in [1.82, 2.24) is 0 Å². The minimum atomic E-state index is -0.886. The van der Waals surface area contributed by atoms with Gasteiger partial charge in [-0.2, -0.15) is 0 Å². The zero-order valence-corrected chi connectivity index (χ0v) is 14.4. The van der Waals surface area contributed by atoms with Crippen LogP contribution in [0.2, 0.25) is 0 Å². The molecule has 0 saturated carbocycles.